The Labute approximate surface area is 171 Å². The lowest BCUT2D eigenvalue weighted by molar-refractivity contribution is -0.137. The summed E-state index contributed by atoms with van der Waals surface area (Å²) < 4.78 is 65.7. The van der Waals surface area contributed by atoms with Gasteiger partial charge in [0.2, 0.25) is 0 Å². The maximum Gasteiger partial charge on any atom is 0.416 e. The summed E-state index contributed by atoms with van der Waals surface area (Å²) in [6.45, 7) is 0. The van der Waals surface area contributed by atoms with Crippen molar-refractivity contribution in [2.45, 2.75) is 6.18 Å². The van der Waals surface area contributed by atoms with Gasteiger partial charge in [-0.1, -0.05) is 11.6 Å². The Morgan fingerprint density at radius 1 is 1.00 bits per heavy atom. The van der Waals surface area contributed by atoms with Gasteiger partial charge in [0.05, 0.1) is 33.8 Å². The Bertz CT molecular complexity index is 1120. The van der Waals surface area contributed by atoms with Crippen molar-refractivity contribution in [3.05, 3.63) is 76.4 Å². The molecule has 0 radical (unpaired) electrons. The van der Waals surface area contributed by atoms with E-state index in [2.05, 4.69) is 15.6 Å². The number of rotatable bonds is 4. The molecule has 0 fully saturated rings. The van der Waals surface area contributed by atoms with Crippen molar-refractivity contribution >= 4 is 40.4 Å². The van der Waals surface area contributed by atoms with Crippen molar-refractivity contribution in [3.63, 3.8) is 0 Å². The second-order valence-electron chi connectivity index (χ2n) is 6.09. The summed E-state index contributed by atoms with van der Waals surface area (Å²) in [6, 6.07) is 6.21. The number of carbonyl (C=O) groups is 1. The normalized spacial score (nSPS) is 11.3. The SMILES string of the molecule is Nc1cnc(Nc2cc(F)ccc2Cl)c(NC(=O)c2cc(F)cc(C(F)(F)F)c2)c1. The number of anilines is 4. The van der Waals surface area contributed by atoms with Crippen LogP contribution in [0.25, 0.3) is 0 Å². The Hall–Kier alpha value is -3.40. The summed E-state index contributed by atoms with van der Waals surface area (Å²) in [5.41, 5.74) is 3.97. The van der Waals surface area contributed by atoms with Crippen LogP contribution in [0.1, 0.15) is 15.9 Å². The zero-order valence-corrected chi connectivity index (χ0v) is 15.6. The van der Waals surface area contributed by atoms with Crippen LogP contribution in [0, 0.1) is 11.6 Å². The second kappa shape index (κ2) is 8.15. The molecule has 0 bridgehead atoms. The van der Waals surface area contributed by atoms with E-state index in [1.807, 2.05) is 0 Å². The number of aromatic nitrogens is 1. The first kappa shape index (κ1) is 21.3. The molecule has 3 aromatic rings. The number of alkyl halides is 3. The standard InChI is InChI=1S/C19H12ClF5N4O/c20-14-2-1-11(21)6-15(14)28-17-16(7-13(26)8-27-17)29-18(30)9-3-10(19(23,24)25)5-12(22)4-9/h1-8H,26H2,(H,27,28)(H,29,30). The summed E-state index contributed by atoms with van der Waals surface area (Å²) in [4.78, 5) is 16.4. The highest BCUT2D eigenvalue weighted by Crippen LogP contribution is 2.32. The molecule has 1 amide bonds. The van der Waals surface area contributed by atoms with Crippen LogP contribution in [0.4, 0.5) is 44.8 Å². The van der Waals surface area contributed by atoms with Gasteiger partial charge in [0.15, 0.2) is 5.82 Å². The van der Waals surface area contributed by atoms with Crippen LogP contribution in [0.5, 0.6) is 0 Å². The topological polar surface area (TPSA) is 80.0 Å². The monoisotopic (exact) mass is 442 g/mol. The molecular weight excluding hydrogens is 431 g/mol. The van der Waals surface area contributed by atoms with E-state index < -0.39 is 34.8 Å². The van der Waals surface area contributed by atoms with E-state index in [0.717, 1.165) is 12.1 Å². The largest absolute Gasteiger partial charge is 0.416 e. The lowest BCUT2D eigenvalue weighted by Crippen LogP contribution is -2.16. The maximum atomic E-state index is 13.6. The highest BCUT2D eigenvalue weighted by atomic mass is 35.5. The molecule has 1 aromatic heterocycles. The highest BCUT2D eigenvalue weighted by Gasteiger charge is 2.32. The molecule has 156 valence electrons. The molecule has 0 aliphatic rings. The zero-order valence-electron chi connectivity index (χ0n) is 14.8. The van der Waals surface area contributed by atoms with Gasteiger partial charge in [0.1, 0.15) is 11.6 Å². The lowest BCUT2D eigenvalue weighted by Gasteiger charge is -2.14. The number of halogens is 6. The van der Waals surface area contributed by atoms with Gasteiger partial charge in [0.25, 0.3) is 5.91 Å². The third-order valence-corrected chi connectivity index (χ3v) is 4.16. The minimum atomic E-state index is -4.84. The molecule has 2 aromatic carbocycles. The lowest BCUT2D eigenvalue weighted by atomic mass is 10.1. The van der Waals surface area contributed by atoms with E-state index in [-0.39, 0.29) is 34.0 Å². The first-order valence-corrected chi connectivity index (χ1v) is 8.57. The average Bonchev–Trinajstić information content (AvgIpc) is 2.65. The quantitative estimate of drug-likeness (QED) is 0.459. The van der Waals surface area contributed by atoms with Crippen molar-refractivity contribution < 1.29 is 26.7 Å². The highest BCUT2D eigenvalue weighted by molar-refractivity contribution is 6.33. The predicted octanol–water partition coefficient (Wildman–Crippen LogP) is 5.61. The van der Waals surface area contributed by atoms with Gasteiger partial charge in [0, 0.05) is 5.56 Å². The molecule has 3 rings (SSSR count). The molecule has 30 heavy (non-hydrogen) atoms. The number of nitrogen functional groups attached to an aromatic ring is 1. The third kappa shape index (κ3) is 4.95. The first-order valence-electron chi connectivity index (χ1n) is 8.19. The number of nitrogens with zero attached hydrogens (tertiary/aromatic N) is 1. The van der Waals surface area contributed by atoms with Crippen LogP contribution >= 0.6 is 11.6 Å². The Morgan fingerprint density at radius 3 is 2.43 bits per heavy atom. The predicted molar refractivity (Wildman–Crippen MR) is 103 cm³/mol. The first-order chi connectivity index (χ1) is 14.0. The van der Waals surface area contributed by atoms with Crippen molar-refractivity contribution in [1.29, 1.82) is 0 Å². The number of hydrogen-bond acceptors (Lipinski definition) is 4. The summed E-state index contributed by atoms with van der Waals surface area (Å²) >= 11 is 5.99. The molecule has 5 nitrogen and oxygen atoms in total. The minimum absolute atomic E-state index is 0.0162. The van der Waals surface area contributed by atoms with Crippen LogP contribution in [0.15, 0.2) is 48.7 Å². The van der Waals surface area contributed by atoms with Crippen molar-refractivity contribution in [2.75, 3.05) is 16.4 Å². The fourth-order valence-electron chi connectivity index (χ4n) is 2.48. The van der Waals surface area contributed by atoms with Gasteiger partial charge in [-0.2, -0.15) is 13.2 Å². The summed E-state index contributed by atoms with van der Waals surface area (Å²) in [7, 11) is 0. The molecule has 1 heterocycles. The molecule has 0 spiro atoms. The Kier molecular flexibility index (Phi) is 5.79. The number of hydrogen-bond donors (Lipinski definition) is 3. The van der Waals surface area contributed by atoms with Gasteiger partial charge >= 0.3 is 6.18 Å². The van der Waals surface area contributed by atoms with Gasteiger partial charge in [-0.15, -0.1) is 0 Å². The zero-order chi connectivity index (χ0) is 22.1. The van der Waals surface area contributed by atoms with E-state index in [1.165, 1.54) is 18.3 Å². The summed E-state index contributed by atoms with van der Waals surface area (Å²) in [6.07, 6.45) is -3.61. The molecule has 4 N–H and O–H groups in total. The van der Waals surface area contributed by atoms with E-state index in [4.69, 9.17) is 17.3 Å². The van der Waals surface area contributed by atoms with Crippen molar-refractivity contribution in [2.24, 2.45) is 0 Å². The van der Waals surface area contributed by atoms with Crippen molar-refractivity contribution in [3.8, 4) is 0 Å². The molecule has 11 heteroatoms. The number of pyridine rings is 1. The molecule has 0 aliphatic heterocycles. The van der Waals surface area contributed by atoms with Crippen LogP contribution in [0.3, 0.4) is 0 Å². The van der Waals surface area contributed by atoms with E-state index in [1.54, 1.807) is 0 Å². The number of nitrogens with two attached hydrogens (primary N) is 1. The van der Waals surface area contributed by atoms with Crippen LogP contribution < -0.4 is 16.4 Å². The van der Waals surface area contributed by atoms with Gasteiger partial charge in [-0.05, 0) is 42.5 Å². The van der Waals surface area contributed by atoms with Crippen molar-refractivity contribution in [1.82, 2.24) is 4.98 Å². The smallest absolute Gasteiger partial charge is 0.397 e. The average molecular weight is 443 g/mol. The Morgan fingerprint density at radius 2 is 1.73 bits per heavy atom. The van der Waals surface area contributed by atoms with E-state index >= 15 is 0 Å². The van der Waals surface area contributed by atoms with E-state index in [9.17, 15) is 26.7 Å². The molecule has 0 atom stereocenters. The fraction of sp³-hybridized carbons (Fsp3) is 0.0526. The number of amides is 1. The van der Waals surface area contributed by atoms with Crippen LogP contribution in [-0.2, 0) is 6.18 Å². The second-order valence-corrected chi connectivity index (χ2v) is 6.50. The molecule has 0 saturated heterocycles. The molecule has 0 saturated carbocycles. The molecular formula is C19H12ClF5N4O. The molecule has 0 aliphatic carbocycles. The summed E-state index contributed by atoms with van der Waals surface area (Å²) in [5.74, 6) is -2.88. The van der Waals surface area contributed by atoms with Gasteiger partial charge < -0.3 is 16.4 Å². The summed E-state index contributed by atoms with van der Waals surface area (Å²) in [5, 5.41) is 5.16. The minimum Gasteiger partial charge on any atom is -0.397 e. The van der Waals surface area contributed by atoms with E-state index in [0.29, 0.717) is 12.1 Å². The van der Waals surface area contributed by atoms with Crippen LogP contribution in [-0.4, -0.2) is 10.9 Å². The van der Waals surface area contributed by atoms with Crippen LogP contribution in [0.2, 0.25) is 5.02 Å². The number of carbonyl (C=O) groups excluding carboxylic acids is 1. The number of nitrogens with one attached hydrogen (secondary N) is 2. The maximum absolute atomic E-state index is 13.6. The third-order valence-electron chi connectivity index (χ3n) is 3.83. The fourth-order valence-corrected chi connectivity index (χ4v) is 2.64. The number of benzene rings is 2. The van der Waals surface area contributed by atoms with Gasteiger partial charge in [-0.3, -0.25) is 4.79 Å². The molecule has 0 unspecified atom stereocenters. The van der Waals surface area contributed by atoms with Gasteiger partial charge in [-0.25, -0.2) is 13.8 Å². The Balaban J connectivity index is 1.93.